The van der Waals surface area contributed by atoms with Crippen molar-refractivity contribution in [1.82, 2.24) is 9.97 Å². The zero-order chi connectivity index (χ0) is 11.4. The van der Waals surface area contributed by atoms with Crippen LogP contribution in [0.4, 0.5) is 0 Å². The van der Waals surface area contributed by atoms with Crippen LogP contribution in [0.1, 0.15) is 24.5 Å². The van der Waals surface area contributed by atoms with E-state index in [4.69, 9.17) is 9.47 Å². The van der Waals surface area contributed by atoms with E-state index in [1.165, 1.54) is 12.8 Å². The Hall–Kier alpha value is -0.810. The van der Waals surface area contributed by atoms with Crippen LogP contribution < -0.4 is 4.74 Å². The number of rotatable bonds is 6. The summed E-state index contributed by atoms with van der Waals surface area (Å²) in [4.78, 5) is 9.62. The first-order valence-electron chi connectivity index (χ1n) is 5.37. The lowest BCUT2D eigenvalue weighted by molar-refractivity contribution is 0.141. The van der Waals surface area contributed by atoms with E-state index in [1.807, 2.05) is 6.26 Å². The lowest BCUT2D eigenvalue weighted by Crippen LogP contribution is -2.07. The van der Waals surface area contributed by atoms with Gasteiger partial charge in [0.05, 0.1) is 17.2 Å². The van der Waals surface area contributed by atoms with Gasteiger partial charge in [0.25, 0.3) is 0 Å². The molecule has 0 aromatic carbocycles. The Morgan fingerprint density at radius 3 is 2.81 bits per heavy atom. The van der Waals surface area contributed by atoms with Crippen molar-refractivity contribution >= 4 is 11.8 Å². The lowest BCUT2D eigenvalue weighted by Gasteiger charge is -2.11. The minimum absolute atomic E-state index is 0.533. The Morgan fingerprint density at radius 1 is 1.38 bits per heavy atom. The Kier molecular flexibility index (Phi) is 4.01. The van der Waals surface area contributed by atoms with Crippen molar-refractivity contribution in [2.75, 3.05) is 26.6 Å². The standard InChI is InChI=1S/C11H16N2O2S/c1-14-5-6-15-11-10(16-2)9(8-3-4-8)12-7-13-11/h7-8H,3-6H2,1-2H3. The van der Waals surface area contributed by atoms with E-state index in [-0.39, 0.29) is 0 Å². The minimum atomic E-state index is 0.533. The summed E-state index contributed by atoms with van der Waals surface area (Å²) in [7, 11) is 1.66. The fourth-order valence-electron chi connectivity index (χ4n) is 1.53. The molecule has 1 aromatic heterocycles. The summed E-state index contributed by atoms with van der Waals surface area (Å²) in [6, 6.07) is 0. The van der Waals surface area contributed by atoms with E-state index in [0.717, 1.165) is 10.6 Å². The molecule has 2 rings (SSSR count). The molecule has 0 N–H and O–H groups in total. The van der Waals surface area contributed by atoms with E-state index in [9.17, 15) is 0 Å². The zero-order valence-corrected chi connectivity index (χ0v) is 10.4. The predicted molar refractivity (Wildman–Crippen MR) is 63.2 cm³/mol. The van der Waals surface area contributed by atoms with Crippen molar-refractivity contribution in [1.29, 1.82) is 0 Å². The monoisotopic (exact) mass is 240 g/mol. The molecule has 0 spiro atoms. The molecule has 1 aromatic rings. The first-order chi connectivity index (χ1) is 7.86. The molecule has 5 heteroatoms. The van der Waals surface area contributed by atoms with Crippen LogP contribution in [0.2, 0.25) is 0 Å². The summed E-state index contributed by atoms with van der Waals surface area (Å²) >= 11 is 1.66. The number of aromatic nitrogens is 2. The average Bonchev–Trinajstić information content (AvgIpc) is 3.13. The Morgan fingerprint density at radius 2 is 2.19 bits per heavy atom. The highest BCUT2D eigenvalue weighted by Crippen LogP contribution is 2.44. The van der Waals surface area contributed by atoms with Gasteiger partial charge in [-0.25, -0.2) is 9.97 Å². The van der Waals surface area contributed by atoms with E-state index in [1.54, 1.807) is 25.2 Å². The quantitative estimate of drug-likeness (QED) is 0.563. The molecule has 1 aliphatic carbocycles. The fraction of sp³-hybridized carbons (Fsp3) is 0.636. The molecule has 0 bridgehead atoms. The molecule has 0 atom stereocenters. The Bertz CT molecular complexity index is 356. The second-order valence-corrected chi connectivity index (χ2v) is 4.53. The Labute approximate surface area is 99.8 Å². The van der Waals surface area contributed by atoms with Crippen molar-refractivity contribution < 1.29 is 9.47 Å². The van der Waals surface area contributed by atoms with Gasteiger partial charge in [-0.15, -0.1) is 11.8 Å². The van der Waals surface area contributed by atoms with Crippen LogP contribution in [0.15, 0.2) is 11.2 Å². The largest absolute Gasteiger partial charge is 0.474 e. The number of thioether (sulfide) groups is 1. The summed E-state index contributed by atoms with van der Waals surface area (Å²) in [6.07, 6.45) is 6.10. The van der Waals surface area contributed by atoms with Crippen LogP contribution in [-0.4, -0.2) is 36.5 Å². The van der Waals surface area contributed by atoms with E-state index >= 15 is 0 Å². The van der Waals surface area contributed by atoms with Gasteiger partial charge in [-0.05, 0) is 19.1 Å². The predicted octanol–water partition coefficient (Wildman–Crippen LogP) is 2.10. The maximum absolute atomic E-state index is 5.59. The highest BCUT2D eigenvalue weighted by molar-refractivity contribution is 7.98. The molecule has 1 fully saturated rings. The summed E-state index contributed by atoms with van der Waals surface area (Å²) in [5.74, 6) is 1.32. The zero-order valence-electron chi connectivity index (χ0n) is 9.60. The molecule has 88 valence electrons. The lowest BCUT2D eigenvalue weighted by atomic mass is 10.3. The molecular formula is C11H16N2O2S. The summed E-state index contributed by atoms with van der Waals surface area (Å²) in [5.41, 5.74) is 1.15. The van der Waals surface area contributed by atoms with Crippen LogP contribution in [0.5, 0.6) is 5.88 Å². The molecule has 0 aliphatic heterocycles. The molecule has 4 nitrogen and oxygen atoms in total. The molecule has 1 aliphatic rings. The maximum Gasteiger partial charge on any atom is 0.230 e. The average molecular weight is 240 g/mol. The van der Waals surface area contributed by atoms with E-state index in [0.29, 0.717) is 25.0 Å². The second-order valence-electron chi connectivity index (χ2n) is 3.71. The van der Waals surface area contributed by atoms with Gasteiger partial charge in [-0.1, -0.05) is 0 Å². The number of hydrogen-bond acceptors (Lipinski definition) is 5. The van der Waals surface area contributed by atoms with Crippen LogP contribution in [0, 0.1) is 0 Å². The third kappa shape index (κ3) is 2.65. The van der Waals surface area contributed by atoms with Gasteiger partial charge in [0, 0.05) is 13.0 Å². The first kappa shape index (κ1) is 11.7. The summed E-state index contributed by atoms with van der Waals surface area (Å²) in [5, 5.41) is 0. The summed E-state index contributed by atoms with van der Waals surface area (Å²) in [6.45, 7) is 1.11. The van der Waals surface area contributed by atoms with Gasteiger partial charge in [0.1, 0.15) is 12.9 Å². The molecule has 0 saturated heterocycles. The number of nitrogens with zero attached hydrogens (tertiary/aromatic N) is 2. The van der Waals surface area contributed by atoms with E-state index < -0.39 is 0 Å². The first-order valence-corrected chi connectivity index (χ1v) is 6.60. The van der Waals surface area contributed by atoms with Crippen LogP contribution in [-0.2, 0) is 4.74 Å². The molecule has 0 amide bonds. The maximum atomic E-state index is 5.59. The van der Waals surface area contributed by atoms with Crippen molar-refractivity contribution in [2.45, 2.75) is 23.7 Å². The van der Waals surface area contributed by atoms with Crippen molar-refractivity contribution in [3.8, 4) is 5.88 Å². The number of ether oxygens (including phenoxy) is 2. The van der Waals surface area contributed by atoms with Gasteiger partial charge < -0.3 is 9.47 Å². The third-order valence-corrected chi connectivity index (χ3v) is 3.29. The van der Waals surface area contributed by atoms with E-state index in [2.05, 4.69) is 9.97 Å². The highest BCUT2D eigenvalue weighted by Gasteiger charge is 2.29. The van der Waals surface area contributed by atoms with Gasteiger partial charge in [0.15, 0.2) is 0 Å². The third-order valence-electron chi connectivity index (χ3n) is 2.49. The van der Waals surface area contributed by atoms with Crippen molar-refractivity contribution in [2.24, 2.45) is 0 Å². The molecule has 16 heavy (non-hydrogen) atoms. The normalized spacial score (nSPS) is 15.1. The topological polar surface area (TPSA) is 44.2 Å². The fourth-order valence-corrected chi connectivity index (χ4v) is 2.25. The SMILES string of the molecule is COCCOc1ncnc(C2CC2)c1SC. The van der Waals surface area contributed by atoms with Crippen molar-refractivity contribution in [3.05, 3.63) is 12.0 Å². The van der Waals surface area contributed by atoms with Crippen LogP contribution in [0.25, 0.3) is 0 Å². The molecular weight excluding hydrogens is 224 g/mol. The number of methoxy groups -OCH3 is 1. The van der Waals surface area contributed by atoms with Gasteiger partial charge in [0.2, 0.25) is 5.88 Å². The second kappa shape index (κ2) is 5.50. The molecule has 0 radical (unpaired) electrons. The van der Waals surface area contributed by atoms with Crippen LogP contribution >= 0.6 is 11.8 Å². The van der Waals surface area contributed by atoms with Crippen molar-refractivity contribution in [3.63, 3.8) is 0 Å². The molecule has 0 unspecified atom stereocenters. The smallest absolute Gasteiger partial charge is 0.230 e. The molecule has 1 saturated carbocycles. The highest BCUT2D eigenvalue weighted by atomic mass is 32.2. The van der Waals surface area contributed by atoms with Gasteiger partial charge in [-0.2, -0.15) is 0 Å². The number of hydrogen-bond donors (Lipinski definition) is 0. The Balaban J connectivity index is 2.12. The minimum Gasteiger partial charge on any atom is -0.474 e. The van der Waals surface area contributed by atoms with Crippen LogP contribution in [0.3, 0.4) is 0 Å². The molecule has 1 heterocycles. The van der Waals surface area contributed by atoms with Gasteiger partial charge >= 0.3 is 0 Å². The van der Waals surface area contributed by atoms with Gasteiger partial charge in [-0.3, -0.25) is 0 Å². The summed E-state index contributed by atoms with van der Waals surface area (Å²) < 4.78 is 10.5.